The van der Waals surface area contributed by atoms with Gasteiger partial charge in [-0.3, -0.25) is 0 Å². The zero-order chi connectivity index (χ0) is 12.1. The normalized spacial score (nSPS) is 36.1. The van der Waals surface area contributed by atoms with Crippen molar-refractivity contribution in [2.75, 3.05) is 0 Å². The lowest BCUT2D eigenvalue weighted by atomic mass is 9.67. The molecule has 90 valence electrons. The van der Waals surface area contributed by atoms with Crippen LogP contribution in [0.3, 0.4) is 0 Å². The second-order valence-electron chi connectivity index (χ2n) is 5.69. The van der Waals surface area contributed by atoms with Crippen molar-refractivity contribution in [3.63, 3.8) is 0 Å². The molecule has 1 fully saturated rings. The van der Waals surface area contributed by atoms with E-state index in [1.165, 1.54) is 0 Å². The van der Waals surface area contributed by atoms with Gasteiger partial charge in [0.05, 0.1) is 22.7 Å². The van der Waals surface area contributed by atoms with Gasteiger partial charge in [-0.05, 0) is 41.5 Å². The Morgan fingerprint density at radius 1 is 1.12 bits per heavy atom. The second kappa shape index (κ2) is 3.47. The van der Waals surface area contributed by atoms with Crippen molar-refractivity contribution < 1.29 is 14.1 Å². The van der Waals surface area contributed by atoms with E-state index in [1.807, 2.05) is 13.8 Å². The molecule has 0 saturated carbocycles. The zero-order valence-corrected chi connectivity index (χ0v) is 10.9. The van der Waals surface area contributed by atoms with Gasteiger partial charge in [-0.1, -0.05) is 5.16 Å². The topological polar surface area (TPSA) is 40.0 Å². The molecule has 0 bridgehead atoms. The van der Waals surface area contributed by atoms with Crippen LogP contribution in [0.25, 0.3) is 0 Å². The molecule has 2 atom stereocenters. The van der Waals surface area contributed by atoms with Crippen LogP contribution in [-0.4, -0.2) is 30.1 Å². The lowest BCUT2D eigenvalue weighted by Crippen LogP contribution is -2.41. The Kier molecular flexibility index (Phi) is 2.59. The van der Waals surface area contributed by atoms with Crippen LogP contribution in [0.5, 0.6) is 0 Å². The van der Waals surface area contributed by atoms with Crippen molar-refractivity contribution in [1.29, 1.82) is 0 Å². The fourth-order valence-electron chi connectivity index (χ4n) is 2.09. The van der Waals surface area contributed by atoms with Crippen LogP contribution >= 0.6 is 0 Å². The van der Waals surface area contributed by atoms with Gasteiger partial charge < -0.3 is 14.1 Å². The number of hydrogen-bond acceptors (Lipinski definition) is 4. The molecule has 0 radical (unpaired) electrons. The van der Waals surface area contributed by atoms with Crippen LogP contribution in [-0.2, 0) is 14.1 Å². The lowest BCUT2D eigenvalue weighted by molar-refractivity contribution is 0.00578. The van der Waals surface area contributed by atoms with Crippen molar-refractivity contribution >= 4 is 12.8 Å². The summed E-state index contributed by atoms with van der Waals surface area (Å²) in [6.07, 6.45) is 0.0229. The molecule has 1 saturated heterocycles. The Morgan fingerprint density at radius 2 is 1.62 bits per heavy atom. The summed E-state index contributed by atoms with van der Waals surface area (Å²) in [7, 11) is -0.258. The van der Waals surface area contributed by atoms with Crippen molar-refractivity contribution in [1.82, 2.24) is 0 Å². The minimum atomic E-state index is -0.291. The van der Waals surface area contributed by atoms with Gasteiger partial charge in [0.25, 0.3) is 0 Å². The summed E-state index contributed by atoms with van der Waals surface area (Å²) in [5, 5.41) is 4.00. The number of oxime groups is 1. The highest BCUT2D eigenvalue weighted by atomic mass is 16.7. The Hall–Kier alpha value is -0.545. The summed E-state index contributed by atoms with van der Waals surface area (Å²) in [5.74, 6) is 0.0982. The smallest absolute Gasteiger partial charge is 0.403 e. The molecule has 2 aliphatic heterocycles. The van der Waals surface area contributed by atoms with E-state index in [2.05, 4.69) is 32.9 Å². The first-order chi connectivity index (χ1) is 7.24. The Balaban J connectivity index is 2.18. The monoisotopic (exact) mass is 225 g/mol. The highest BCUT2D eigenvalue weighted by Gasteiger charge is 2.56. The van der Waals surface area contributed by atoms with Gasteiger partial charge in [-0.15, -0.1) is 0 Å². The van der Waals surface area contributed by atoms with Crippen LogP contribution in [0, 0.1) is 0 Å². The minimum Gasteiger partial charge on any atom is -0.403 e. The number of hydrogen-bond donors (Lipinski definition) is 0. The molecule has 2 heterocycles. The van der Waals surface area contributed by atoms with E-state index in [4.69, 9.17) is 14.1 Å². The van der Waals surface area contributed by atoms with Gasteiger partial charge in [0.15, 0.2) is 0 Å². The maximum atomic E-state index is 6.01. The second-order valence-corrected chi connectivity index (χ2v) is 5.69. The molecule has 0 amide bonds. The van der Waals surface area contributed by atoms with E-state index < -0.39 is 0 Å². The van der Waals surface area contributed by atoms with Gasteiger partial charge >= 0.3 is 7.12 Å². The molecular weight excluding hydrogens is 205 g/mol. The number of nitrogens with zero attached hydrogens (tertiary/aromatic N) is 1. The van der Waals surface area contributed by atoms with Gasteiger partial charge in [-0.25, -0.2) is 0 Å². The van der Waals surface area contributed by atoms with Crippen LogP contribution in [0.1, 0.15) is 41.5 Å². The Morgan fingerprint density at radius 3 is 2.00 bits per heavy atom. The molecule has 2 aliphatic rings. The van der Waals surface area contributed by atoms with Gasteiger partial charge in [-0.2, -0.15) is 0 Å². The van der Waals surface area contributed by atoms with E-state index in [9.17, 15) is 0 Å². The van der Waals surface area contributed by atoms with E-state index in [0.29, 0.717) is 0 Å². The molecule has 16 heavy (non-hydrogen) atoms. The fourth-order valence-corrected chi connectivity index (χ4v) is 2.09. The molecule has 0 spiro atoms. The largest absolute Gasteiger partial charge is 0.471 e. The lowest BCUT2D eigenvalue weighted by Gasteiger charge is -2.32. The van der Waals surface area contributed by atoms with Crippen LogP contribution in [0.15, 0.2) is 5.16 Å². The van der Waals surface area contributed by atoms with Gasteiger partial charge in [0.1, 0.15) is 6.10 Å². The van der Waals surface area contributed by atoms with E-state index in [0.717, 1.165) is 5.71 Å². The van der Waals surface area contributed by atoms with Crippen molar-refractivity contribution in [2.24, 2.45) is 5.16 Å². The molecule has 0 aliphatic carbocycles. The van der Waals surface area contributed by atoms with Crippen molar-refractivity contribution in [3.05, 3.63) is 0 Å². The highest BCUT2D eigenvalue weighted by Crippen LogP contribution is 2.42. The molecule has 0 aromatic carbocycles. The van der Waals surface area contributed by atoms with Crippen molar-refractivity contribution in [3.8, 4) is 0 Å². The molecular formula is C11H20BNO3. The molecule has 0 aromatic heterocycles. The highest BCUT2D eigenvalue weighted by molar-refractivity contribution is 6.53. The molecule has 4 nitrogen and oxygen atoms in total. The third kappa shape index (κ3) is 1.66. The Bertz CT molecular complexity index is 311. The molecule has 5 heteroatoms. The molecule has 2 rings (SSSR count). The standard InChI is InChI=1S/C11H20BNO3/c1-7-9(8(2)14-13-7)12-15-10(3,4)11(5,6)16-12/h8-9H,1-6H3/t8?,9-/m0/s1. The summed E-state index contributed by atoms with van der Waals surface area (Å²) in [6.45, 7) is 12.2. The molecule has 1 unspecified atom stereocenters. The molecule has 0 N–H and O–H groups in total. The van der Waals surface area contributed by atoms with Crippen LogP contribution < -0.4 is 0 Å². The third-order valence-corrected chi connectivity index (χ3v) is 3.92. The average Bonchev–Trinajstić information content (AvgIpc) is 2.52. The minimum absolute atomic E-state index is 0.0229. The predicted molar refractivity (Wildman–Crippen MR) is 63.5 cm³/mol. The number of rotatable bonds is 1. The first-order valence-electron chi connectivity index (χ1n) is 5.80. The summed E-state index contributed by atoms with van der Waals surface area (Å²) in [5.41, 5.74) is 0.367. The van der Waals surface area contributed by atoms with E-state index >= 15 is 0 Å². The summed E-state index contributed by atoms with van der Waals surface area (Å²) in [4.78, 5) is 5.25. The Labute approximate surface area is 97.5 Å². The third-order valence-electron chi connectivity index (χ3n) is 3.92. The molecule has 0 aromatic rings. The van der Waals surface area contributed by atoms with Crippen LogP contribution in [0.2, 0.25) is 5.82 Å². The summed E-state index contributed by atoms with van der Waals surface area (Å²) >= 11 is 0. The SMILES string of the molecule is CC1=NOC(C)[C@H]1B1OC(C)(C)C(C)(C)O1. The first-order valence-corrected chi connectivity index (χ1v) is 5.80. The van der Waals surface area contributed by atoms with Crippen molar-refractivity contribution in [2.45, 2.75) is 64.7 Å². The predicted octanol–water partition coefficient (Wildman–Crippen LogP) is 2.24. The summed E-state index contributed by atoms with van der Waals surface area (Å²) < 4.78 is 12.0. The fraction of sp³-hybridized carbons (Fsp3) is 0.909. The maximum Gasteiger partial charge on any atom is 0.471 e. The van der Waals surface area contributed by atoms with Gasteiger partial charge in [0, 0.05) is 0 Å². The van der Waals surface area contributed by atoms with E-state index in [-0.39, 0.29) is 30.2 Å². The van der Waals surface area contributed by atoms with Crippen LogP contribution in [0.4, 0.5) is 0 Å². The zero-order valence-electron chi connectivity index (χ0n) is 10.9. The average molecular weight is 225 g/mol. The first kappa shape index (κ1) is 11.9. The summed E-state index contributed by atoms with van der Waals surface area (Å²) in [6, 6.07) is 0. The van der Waals surface area contributed by atoms with Gasteiger partial charge in [0.2, 0.25) is 0 Å². The van der Waals surface area contributed by atoms with E-state index in [1.54, 1.807) is 0 Å². The maximum absolute atomic E-state index is 6.01. The quantitative estimate of drug-likeness (QED) is 0.642.